The van der Waals surface area contributed by atoms with Crippen LogP contribution in [0.15, 0.2) is 18.3 Å². The van der Waals surface area contributed by atoms with Crippen molar-refractivity contribution in [1.29, 1.82) is 5.26 Å². The zero-order chi connectivity index (χ0) is 13.5. The Kier molecular flexibility index (Phi) is 5.66. The number of nitrogens with zero attached hydrogens (tertiary/aromatic N) is 3. The smallest absolute Gasteiger partial charge is 0.272 e. The molecule has 0 N–H and O–H groups in total. The average molecular weight is 263 g/mol. The Labute approximate surface area is 112 Å². The highest BCUT2D eigenvalue weighted by molar-refractivity contribution is 7.98. The molecular formula is C13H17N3OS. The van der Waals surface area contributed by atoms with E-state index in [-0.39, 0.29) is 11.9 Å². The van der Waals surface area contributed by atoms with Crippen LogP contribution < -0.4 is 0 Å². The van der Waals surface area contributed by atoms with E-state index in [9.17, 15) is 4.79 Å². The number of rotatable bonds is 5. The van der Waals surface area contributed by atoms with Crippen LogP contribution in [-0.2, 0) is 0 Å². The van der Waals surface area contributed by atoms with Gasteiger partial charge < -0.3 is 4.90 Å². The highest BCUT2D eigenvalue weighted by atomic mass is 32.2. The van der Waals surface area contributed by atoms with Gasteiger partial charge in [-0.2, -0.15) is 17.0 Å². The van der Waals surface area contributed by atoms with Crippen molar-refractivity contribution < 1.29 is 4.79 Å². The van der Waals surface area contributed by atoms with E-state index in [1.165, 1.54) is 6.20 Å². The maximum absolute atomic E-state index is 12.2. The molecule has 0 saturated carbocycles. The van der Waals surface area contributed by atoms with Gasteiger partial charge in [-0.3, -0.25) is 4.79 Å². The normalized spacial score (nSPS) is 11.7. The van der Waals surface area contributed by atoms with Gasteiger partial charge in [-0.05, 0) is 24.8 Å². The third kappa shape index (κ3) is 3.47. The molecule has 1 aromatic rings. The molecule has 1 aromatic heterocycles. The van der Waals surface area contributed by atoms with E-state index < -0.39 is 0 Å². The van der Waals surface area contributed by atoms with Crippen molar-refractivity contribution in [3.05, 3.63) is 29.6 Å². The Bertz CT molecular complexity index is 439. The zero-order valence-corrected chi connectivity index (χ0v) is 11.7. The molecule has 1 atom stereocenters. The summed E-state index contributed by atoms with van der Waals surface area (Å²) in [6.07, 6.45) is 4.37. The number of hydrogen-bond acceptors (Lipinski definition) is 4. The van der Waals surface area contributed by atoms with Gasteiger partial charge in [-0.15, -0.1) is 0 Å². The summed E-state index contributed by atoms with van der Waals surface area (Å²) in [6.45, 7) is 2.07. The molecule has 0 radical (unpaired) electrons. The summed E-state index contributed by atoms with van der Waals surface area (Å²) in [5.41, 5.74) is 0.849. The fourth-order valence-electron chi connectivity index (χ4n) is 1.63. The van der Waals surface area contributed by atoms with Crippen LogP contribution in [0.4, 0.5) is 0 Å². The second-order valence-corrected chi connectivity index (χ2v) is 4.89. The van der Waals surface area contributed by atoms with Crippen molar-refractivity contribution in [1.82, 2.24) is 9.88 Å². The van der Waals surface area contributed by atoms with Crippen LogP contribution in [0.25, 0.3) is 0 Å². The minimum atomic E-state index is -0.0969. The Morgan fingerprint density at radius 3 is 2.78 bits per heavy atom. The Hall–Kier alpha value is -1.54. The minimum Gasteiger partial charge on any atom is -0.337 e. The quantitative estimate of drug-likeness (QED) is 0.817. The SMILES string of the molecule is CCC(CSC)N(C)C(=O)c1ccc(C#N)cn1. The van der Waals surface area contributed by atoms with E-state index in [1.54, 1.807) is 35.8 Å². The summed E-state index contributed by atoms with van der Waals surface area (Å²) in [6, 6.07) is 5.41. The van der Waals surface area contributed by atoms with Crippen molar-refractivity contribution in [2.75, 3.05) is 19.1 Å². The second kappa shape index (κ2) is 7.02. The molecule has 1 heterocycles. The Morgan fingerprint density at radius 1 is 1.61 bits per heavy atom. The highest BCUT2D eigenvalue weighted by Gasteiger charge is 2.20. The summed E-state index contributed by atoms with van der Waals surface area (Å²) < 4.78 is 0. The molecule has 4 nitrogen and oxygen atoms in total. The molecule has 0 aliphatic carbocycles. The van der Waals surface area contributed by atoms with Crippen LogP contribution in [0.3, 0.4) is 0 Å². The molecule has 0 saturated heterocycles. The number of aromatic nitrogens is 1. The standard InChI is InChI=1S/C13H17N3OS/c1-4-11(9-18-3)16(2)13(17)12-6-5-10(7-14)8-15-12/h5-6,8,11H,4,9H2,1-3H3. The number of nitriles is 1. The van der Waals surface area contributed by atoms with E-state index in [1.807, 2.05) is 12.3 Å². The number of hydrogen-bond donors (Lipinski definition) is 0. The van der Waals surface area contributed by atoms with Crippen molar-refractivity contribution in [3.63, 3.8) is 0 Å². The predicted molar refractivity (Wildman–Crippen MR) is 73.5 cm³/mol. The fourth-order valence-corrected chi connectivity index (χ4v) is 2.47. The van der Waals surface area contributed by atoms with E-state index in [0.717, 1.165) is 12.2 Å². The molecule has 0 spiro atoms. The third-order valence-corrected chi connectivity index (χ3v) is 3.53. The minimum absolute atomic E-state index is 0.0969. The summed E-state index contributed by atoms with van der Waals surface area (Å²) in [7, 11) is 1.80. The predicted octanol–water partition coefficient (Wildman–Crippen LogP) is 2.17. The Balaban J connectivity index is 2.82. The van der Waals surface area contributed by atoms with Crippen LogP contribution in [0.1, 0.15) is 29.4 Å². The molecule has 5 heteroatoms. The molecule has 1 unspecified atom stereocenters. The van der Waals surface area contributed by atoms with E-state index in [0.29, 0.717) is 11.3 Å². The van der Waals surface area contributed by atoms with Crippen molar-refractivity contribution in [2.45, 2.75) is 19.4 Å². The van der Waals surface area contributed by atoms with Crippen molar-refractivity contribution in [2.24, 2.45) is 0 Å². The van der Waals surface area contributed by atoms with Crippen LogP contribution >= 0.6 is 11.8 Å². The third-order valence-electron chi connectivity index (χ3n) is 2.81. The number of carbonyl (C=O) groups excluding carboxylic acids is 1. The van der Waals surface area contributed by atoms with Gasteiger partial charge in [0.15, 0.2) is 0 Å². The van der Waals surface area contributed by atoms with E-state index >= 15 is 0 Å². The van der Waals surface area contributed by atoms with Gasteiger partial charge in [0.05, 0.1) is 5.56 Å². The first kappa shape index (κ1) is 14.5. The monoisotopic (exact) mass is 263 g/mol. The molecule has 18 heavy (non-hydrogen) atoms. The van der Waals surface area contributed by atoms with Crippen LogP contribution in [-0.4, -0.2) is 40.9 Å². The summed E-state index contributed by atoms with van der Waals surface area (Å²) in [4.78, 5) is 17.9. The number of pyridine rings is 1. The van der Waals surface area contributed by atoms with Gasteiger partial charge in [0.25, 0.3) is 5.91 Å². The maximum atomic E-state index is 12.2. The summed E-state index contributed by atoms with van der Waals surface area (Å²) in [5.74, 6) is 0.815. The van der Waals surface area contributed by atoms with E-state index in [4.69, 9.17) is 5.26 Å². The van der Waals surface area contributed by atoms with Crippen LogP contribution in [0, 0.1) is 11.3 Å². The number of thioether (sulfide) groups is 1. The van der Waals surface area contributed by atoms with Gasteiger partial charge in [-0.25, -0.2) is 4.98 Å². The van der Waals surface area contributed by atoms with Gasteiger partial charge in [0.2, 0.25) is 0 Å². The maximum Gasteiger partial charge on any atom is 0.272 e. The van der Waals surface area contributed by atoms with Gasteiger partial charge in [-0.1, -0.05) is 6.92 Å². The topological polar surface area (TPSA) is 57.0 Å². The molecule has 0 aliphatic rings. The zero-order valence-electron chi connectivity index (χ0n) is 10.9. The lowest BCUT2D eigenvalue weighted by atomic mass is 10.2. The van der Waals surface area contributed by atoms with Gasteiger partial charge >= 0.3 is 0 Å². The molecule has 1 amide bonds. The first-order valence-corrected chi connectivity index (χ1v) is 7.15. The Morgan fingerprint density at radius 2 is 2.33 bits per heavy atom. The fraction of sp³-hybridized carbons (Fsp3) is 0.462. The molecule has 0 aromatic carbocycles. The van der Waals surface area contributed by atoms with Crippen molar-refractivity contribution >= 4 is 17.7 Å². The number of amides is 1. The van der Waals surface area contributed by atoms with Crippen molar-refractivity contribution in [3.8, 4) is 6.07 Å². The van der Waals surface area contributed by atoms with Gasteiger partial charge in [0, 0.05) is 25.0 Å². The first-order valence-electron chi connectivity index (χ1n) is 5.76. The molecule has 96 valence electrons. The number of carbonyl (C=O) groups is 1. The lowest BCUT2D eigenvalue weighted by molar-refractivity contribution is 0.0737. The molecule has 1 rings (SSSR count). The van der Waals surface area contributed by atoms with Crippen LogP contribution in [0.5, 0.6) is 0 Å². The highest BCUT2D eigenvalue weighted by Crippen LogP contribution is 2.11. The van der Waals surface area contributed by atoms with Gasteiger partial charge in [0.1, 0.15) is 11.8 Å². The molecule has 0 fully saturated rings. The first-order chi connectivity index (χ1) is 8.63. The van der Waals surface area contributed by atoms with E-state index in [2.05, 4.69) is 11.9 Å². The second-order valence-electron chi connectivity index (χ2n) is 3.98. The van der Waals surface area contributed by atoms with Crippen LogP contribution in [0.2, 0.25) is 0 Å². The largest absolute Gasteiger partial charge is 0.337 e. The summed E-state index contributed by atoms with van der Waals surface area (Å²) >= 11 is 1.72. The molecular weight excluding hydrogens is 246 g/mol. The molecule has 0 bridgehead atoms. The molecule has 0 aliphatic heterocycles. The average Bonchev–Trinajstić information content (AvgIpc) is 2.43. The summed E-state index contributed by atoms with van der Waals surface area (Å²) in [5, 5.41) is 8.68. The lowest BCUT2D eigenvalue weighted by Crippen LogP contribution is -2.38. The lowest BCUT2D eigenvalue weighted by Gasteiger charge is -2.26.